The van der Waals surface area contributed by atoms with Crippen molar-refractivity contribution in [2.24, 2.45) is 0 Å². The third-order valence-corrected chi connectivity index (χ3v) is 11.3. The Hall–Kier alpha value is -8.65. The highest BCUT2D eigenvalue weighted by Crippen LogP contribution is 2.42. The second kappa shape index (κ2) is 14.1. The molecule has 278 valence electrons. The molecule has 0 N–H and O–H groups in total. The number of fused-ring (bicyclic) bond motifs is 6. The molecule has 0 aliphatic heterocycles. The van der Waals surface area contributed by atoms with E-state index in [2.05, 4.69) is 118 Å². The molecule has 0 radical (unpaired) electrons. The number of benzene rings is 8. The maximum atomic E-state index is 10.9. The lowest BCUT2D eigenvalue weighted by Gasteiger charge is -2.19. The summed E-state index contributed by atoms with van der Waals surface area (Å²) in [5.41, 5.74) is 10.5. The zero-order valence-corrected chi connectivity index (χ0v) is 32.0. The summed E-state index contributed by atoms with van der Waals surface area (Å²) < 4.78 is 4.48. The summed E-state index contributed by atoms with van der Waals surface area (Å²) in [4.78, 5) is 16.0. The van der Waals surface area contributed by atoms with Crippen LogP contribution in [0.2, 0.25) is 0 Å². The fourth-order valence-electron chi connectivity index (χ4n) is 8.69. The van der Waals surface area contributed by atoms with Crippen LogP contribution in [0.1, 0.15) is 11.1 Å². The Labute approximate surface area is 345 Å². The lowest BCUT2D eigenvalue weighted by atomic mass is 9.95. The van der Waals surface area contributed by atoms with E-state index >= 15 is 0 Å². The molecule has 3 heterocycles. The van der Waals surface area contributed by atoms with Crippen LogP contribution in [0.4, 0.5) is 0 Å². The van der Waals surface area contributed by atoms with E-state index in [-0.39, 0.29) is 0 Å². The van der Waals surface area contributed by atoms with E-state index in [4.69, 9.17) is 15.0 Å². The van der Waals surface area contributed by atoms with Gasteiger partial charge in [0.2, 0.25) is 0 Å². The lowest BCUT2D eigenvalue weighted by molar-refractivity contribution is 1.06. The molecule has 7 heteroatoms. The van der Waals surface area contributed by atoms with Crippen LogP contribution >= 0.6 is 0 Å². The Balaban J connectivity index is 1.28. The normalized spacial score (nSPS) is 11.3. The number of nitriles is 2. The fourth-order valence-corrected chi connectivity index (χ4v) is 8.69. The van der Waals surface area contributed by atoms with Crippen LogP contribution in [0.25, 0.3) is 100 Å². The maximum Gasteiger partial charge on any atom is 0.167 e. The number of rotatable bonds is 6. The van der Waals surface area contributed by atoms with Crippen LogP contribution < -0.4 is 0 Å². The van der Waals surface area contributed by atoms with Crippen molar-refractivity contribution in [3.05, 3.63) is 199 Å². The second-order valence-corrected chi connectivity index (χ2v) is 14.6. The maximum absolute atomic E-state index is 10.9. The molecule has 0 aliphatic carbocycles. The molecule has 0 bridgehead atoms. The standard InChI is InChI=1S/C53H31N7/c54-32-34-15-12-18-36(31-34)38-24-14-30-48(60-45-27-10-6-22-41(45)42-23-7-11-28-46(42)60)50(38)53-57-51(35-16-2-1-3-17-35)56-52(58-53)49-37(33-55)19-13-29-47(49)59-43-25-8-4-20-39(43)40-21-5-9-26-44(40)59/h1-31H. The summed E-state index contributed by atoms with van der Waals surface area (Å²) in [6.07, 6.45) is 0. The lowest BCUT2D eigenvalue weighted by Crippen LogP contribution is -2.07. The van der Waals surface area contributed by atoms with Gasteiger partial charge in [0, 0.05) is 27.1 Å². The van der Waals surface area contributed by atoms with Gasteiger partial charge in [0.05, 0.1) is 67.8 Å². The molecule has 11 aromatic rings. The zero-order chi connectivity index (χ0) is 40.2. The minimum absolute atomic E-state index is 0.363. The first kappa shape index (κ1) is 34.6. The topological polar surface area (TPSA) is 96.1 Å². The van der Waals surface area contributed by atoms with E-state index in [1.165, 1.54) is 0 Å². The van der Waals surface area contributed by atoms with Gasteiger partial charge in [0.15, 0.2) is 17.5 Å². The van der Waals surface area contributed by atoms with Gasteiger partial charge in [0.1, 0.15) is 0 Å². The van der Waals surface area contributed by atoms with E-state index in [0.717, 1.165) is 77.2 Å². The molecule has 0 aliphatic rings. The first-order chi connectivity index (χ1) is 29.7. The average molecular weight is 766 g/mol. The predicted molar refractivity (Wildman–Crippen MR) is 240 cm³/mol. The molecule has 7 nitrogen and oxygen atoms in total. The molecule has 3 aromatic heterocycles. The molecule has 8 aromatic carbocycles. The van der Waals surface area contributed by atoms with Gasteiger partial charge in [-0.3, -0.25) is 0 Å². The van der Waals surface area contributed by atoms with E-state index in [1.54, 1.807) is 0 Å². The molecule has 0 spiro atoms. The van der Waals surface area contributed by atoms with E-state index in [1.807, 2.05) is 91.0 Å². The minimum atomic E-state index is 0.363. The van der Waals surface area contributed by atoms with Gasteiger partial charge in [-0.1, -0.05) is 133 Å². The van der Waals surface area contributed by atoms with Crippen molar-refractivity contribution >= 4 is 43.6 Å². The predicted octanol–water partition coefficient (Wildman–Crippen LogP) is 12.5. The highest BCUT2D eigenvalue weighted by Gasteiger charge is 2.25. The highest BCUT2D eigenvalue weighted by atomic mass is 15.1. The highest BCUT2D eigenvalue weighted by molar-refractivity contribution is 6.11. The minimum Gasteiger partial charge on any atom is -0.308 e. The zero-order valence-electron chi connectivity index (χ0n) is 32.0. The Bertz CT molecular complexity index is 3480. The van der Waals surface area contributed by atoms with Crippen molar-refractivity contribution < 1.29 is 0 Å². The summed E-state index contributed by atoms with van der Waals surface area (Å²) in [6, 6.07) is 67.8. The van der Waals surface area contributed by atoms with Crippen LogP contribution in [0.15, 0.2) is 188 Å². The molecule has 0 fully saturated rings. The number of para-hydroxylation sites is 4. The Kier molecular flexibility index (Phi) is 8.11. The van der Waals surface area contributed by atoms with Gasteiger partial charge in [0.25, 0.3) is 0 Å². The summed E-state index contributed by atoms with van der Waals surface area (Å²) >= 11 is 0. The van der Waals surface area contributed by atoms with Crippen molar-refractivity contribution in [2.45, 2.75) is 0 Å². The smallest absolute Gasteiger partial charge is 0.167 e. The molecular formula is C53H31N7. The Morgan fingerprint density at radius 3 is 1.37 bits per heavy atom. The largest absolute Gasteiger partial charge is 0.308 e. The van der Waals surface area contributed by atoms with Crippen LogP contribution in [-0.4, -0.2) is 24.1 Å². The Morgan fingerprint density at radius 2 is 0.817 bits per heavy atom. The molecule has 0 atom stereocenters. The van der Waals surface area contributed by atoms with Gasteiger partial charge in [-0.2, -0.15) is 10.5 Å². The van der Waals surface area contributed by atoms with E-state index in [0.29, 0.717) is 34.2 Å². The third-order valence-electron chi connectivity index (χ3n) is 11.3. The first-order valence-electron chi connectivity index (χ1n) is 19.7. The third kappa shape index (κ3) is 5.46. The van der Waals surface area contributed by atoms with Gasteiger partial charge in [-0.05, 0) is 65.7 Å². The van der Waals surface area contributed by atoms with Gasteiger partial charge >= 0.3 is 0 Å². The molecule has 0 saturated heterocycles. The summed E-state index contributed by atoms with van der Waals surface area (Å²) in [5.74, 6) is 1.25. The number of hydrogen-bond donors (Lipinski definition) is 0. The average Bonchev–Trinajstić information content (AvgIpc) is 3.84. The van der Waals surface area contributed by atoms with Gasteiger partial charge in [-0.15, -0.1) is 0 Å². The van der Waals surface area contributed by atoms with Crippen LogP contribution in [0.5, 0.6) is 0 Å². The summed E-state index contributed by atoms with van der Waals surface area (Å²) in [6.45, 7) is 0. The summed E-state index contributed by atoms with van der Waals surface area (Å²) in [7, 11) is 0. The Morgan fingerprint density at radius 1 is 0.367 bits per heavy atom. The molecule has 0 amide bonds. The monoisotopic (exact) mass is 765 g/mol. The second-order valence-electron chi connectivity index (χ2n) is 14.6. The van der Waals surface area contributed by atoms with Crippen molar-refractivity contribution in [2.75, 3.05) is 0 Å². The van der Waals surface area contributed by atoms with Crippen LogP contribution in [0.3, 0.4) is 0 Å². The van der Waals surface area contributed by atoms with Crippen molar-refractivity contribution in [3.8, 4) is 68.8 Å². The quantitative estimate of drug-likeness (QED) is 0.168. The molecule has 0 saturated carbocycles. The fraction of sp³-hybridized carbons (Fsp3) is 0. The van der Waals surface area contributed by atoms with Crippen molar-refractivity contribution in [1.82, 2.24) is 24.1 Å². The molecular weight excluding hydrogens is 735 g/mol. The van der Waals surface area contributed by atoms with Gasteiger partial charge < -0.3 is 9.13 Å². The molecule has 0 unspecified atom stereocenters. The van der Waals surface area contributed by atoms with E-state index < -0.39 is 0 Å². The van der Waals surface area contributed by atoms with Crippen LogP contribution in [-0.2, 0) is 0 Å². The van der Waals surface area contributed by atoms with Crippen LogP contribution in [0, 0.1) is 22.7 Å². The van der Waals surface area contributed by atoms with Crippen molar-refractivity contribution in [1.29, 1.82) is 10.5 Å². The molecule has 11 rings (SSSR count). The number of hydrogen-bond acceptors (Lipinski definition) is 5. The number of aromatic nitrogens is 5. The SMILES string of the molecule is N#Cc1cccc(-c2cccc(-n3c4ccccc4c4ccccc43)c2-c2nc(-c3ccccc3)nc(-c3c(C#N)cccc3-n3c4ccccc4c4ccccc43)n2)c1. The van der Waals surface area contributed by atoms with Gasteiger partial charge in [-0.25, -0.2) is 15.0 Å². The first-order valence-corrected chi connectivity index (χ1v) is 19.7. The van der Waals surface area contributed by atoms with E-state index in [9.17, 15) is 10.5 Å². The van der Waals surface area contributed by atoms with Crippen molar-refractivity contribution in [3.63, 3.8) is 0 Å². The molecule has 60 heavy (non-hydrogen) atoms. The number of nitrogens with zero attached hydrogens (tertiary/aromatic N) is 7. The summed E-state index contributed by atoms with van der Waals surface area (Å²) in [5, 5.41) is 25.3.